The first-order valence-corrected chi connectivity index (χ1v) is 10.6. The summed E-state index contributed by atoms with van der Waals surface area (Å²) in [6.07, 6.45) is 0. The van der Waals surface area contributed by atoms with Gasteiger partial charge in [0.15, 0.2) is 0 Å². The highest BCUT2D eigenvalue weighted by atomic mass is 32.2. The summed E-state index contributed by atoms with van der Waals surface area (Å²) in [5.74, 6) is 0.527. The minimum absolute atomic E-state index is 0.170. The number of halogens is 3. The quantitative estimate of drug-likeness (QED) is 0.376. The smallest absolute Gasteiger partial charge is 0.320 e. The van der Waals surface area contributed by atoms with E-state index in [0.717, 1.165) is 10.1 Å². The third-order valence-electron chi connectivity index (χ3n) is 4.63. The molecule has 0 aliphatic rings. The van der Waals surface area contributed by atoms with Gasteiger partial charge < -0.3 is 5.32 Å². The number of anilines is 1. The normalized spacial score (nSPS) is 11.2. The number of alkyl halides is 2. The topological polar surface area (TPSA) is 46.9 Å². The molecular formula is C23H18F3N3OS. The number of rotatable bonds is 7. The van der Waals surface area contributed by atoms with Crippen LogP contribution in [0.15, 0.2) is 72.8 Å². The van der Waals surface area contributed by atoms with Crippen molar-refractivity contribution in [2.75, 3.05) is 11.1 Å². The van der Waals surface area contributed by atoms with Gasteiger partial charge >= 0.3 is 6.55 Å². The number of carbonyl (C=O) groups excluding carboxylic acids is 1. The Kier molecular flexibility index (Phi) is 6.27. The van der Waals surface area contributed by atoms with Gasteiger partial charge in [0.1, 0.15) is 11.6 Å². The Bertz CT molecular complexity index is 1190. The van der Waals surface area contributed by atoms with Crippen molar-refractivity contribution in [2.24, 2.45) is 0 Å². The molecule has 0 aliphatic heterocycles. The fraction of sp³-hybridized carbons (Fsp3) is 0.130. The molecule has 3 aromatic carbocycles. The summed E-state index contributed by atoms with van der Waals surface area (Å²) in [6, 6.07) is 19.5. The lowest BCUT2D eigenvalue weighted by Crippen LogP contribution is -2.14. The van der Waals surface area contributed by atoms with Crippen molar-refractivity contribution < 1.29 is 18.0 Å². The molecule has 0 saturated carbocycles. The maximum atomic E-state index is 13.6. The monoisotopic (exact) mass is 441 g/mol. The maximum Gasteiger partial charge on any atom is 0.320 e. The first-order chi connectivity index (χ1) is 15.0. The number of amides is 1. The summed E-state index contributed by atoms with van der Waals surface area (Å²) >= 11 is 1.42. The van der Waals surface area contributed by atoms with Crippen molar-refractivity contribution in [1.82, 2.24) is 9.55 Å². The van der Waals surface area contributed by atoms with Crippen LogP contribution in [0.25, 0.3) is 22.4 Å². The van der Waals surface area contributed by atoms with E-state index in [1.807, 2.05) is 0 Å². The molecule has 31 heavy (non-hydrogen) atoms. The number of para-hydroxylation sites is 2. The Labute approximate surface area is 181 Å². The largest absolute Gasteiger partial charge is 0.325 e. The second kappa shape index (κ2) is 9.26. The molecule has 4 nitrogen and oxygen atoms in total. The van der Waals surface area contributed by atoms with Crippen molar-refractivity contribution in [2.45, 2.75) is 12.3 Å². The third kappa shape index (κ3) is 4.91. The number of thioether (sulfide) groups is 1. The van der Waals surface area contributed by atoms with Crippen LogP contribution >= 0.6 is 11.8 Å². The van der Waals surface area contributed by atoms with Crippen LogP contribution in [-0.4, -0.2) is 21.2 Å². The van der Waals surface area contributed by atoms with E-state index < -0.39 is 6.55 Å². The van der Waals surface area contributed by atoms with Crippen LogP contribution in [0.3, 0.4) is 0 Å². The Morgan fingerprint density at radius 2 is 1.71 bits per heavy atom. The van der Waals surface area contributed by atoms with Crippen molar-refractivity contribution in [3.8, 4) is 11.4 Å². The predicted molar refractivity (Wildman–Crippen MR) is 118 cm³/mol. The molecule has 0 radical (unpaired) electrons. The summed E-state index contributed by atoms with van der Waals surface area (Å²) < 4.78 is 41.1. The zero-order chi connectivity index (χ0) is 21.8. The summed E-state index contributed by atoms with van der Waals surface area (Å²) in [7, 11) is 0. The summed E-state index contributed by atoms with van der Waals surface area (Å²) in [5, 5.41) is 2.78. The van der Waals surface area contributed by atoms with Gasteiger partial charge in [-0.3, -0.25) is 9.36 Å². The number of hydrogen-bond donors (Lipinski definition) is 1. The second-order valence-corrected chi connectivity index (χ2v) is 7.80. The minimum atomic E-state index is -2.72. The molecule has 1 aromatic heterocycles. The zero-order valence-corrected chi connectivity index (χ0v) is 17.1. The Morgan fingerprint density at radius 1 is 1.00 bits per heavy atom. The number of carbonyl (C=O) groups is 1. The molecule has 0 spiro atoms. The van der Waals surface area contributed by atoms with Gasteiger partial charge in [-0.2, -0.15) is 8.78 Å². The van der Waals surface area contributed by atoms with Crippen molar-refractivity contribution >= 4 is 34.4 Å². The molecule has 0 fully saturated rings. The lowest BCUT2D eigenvalue weighted by molar-refractivity contribution is -0.113. The lowest BCUT2D eigenvalue weighted by Gasteiger charge is -2.09. The third-order valence-corrected chi connectivity index (χ3v) is 5.64. The SMILES string of the molecule is O=C(CSCc1ccc(F)cc1)Nc1ccc(-c2nc3ccccc3n2C(F)F)cc1. The Morgan fingerprint density at radius 3 is 2.42 bits per heavy atom. The first kappa shape index (κ1) is 21.0. The van der Waals surface area contributed by atoms with Gasteiger partial charge in [-0.15, -0.1) is 11.8 Å². The minimum Gasteiger partial charge on any atom is -0.325 e. The Balaban J connectivity index is 1.40. The fourth-order valence-corrected chi connectivity index (χ4v) is 3.98. The number of hydrogen-bond acceptors (Lipinski definition) is 3. The van der Waals surface area contributed by atoms with E-state index >= 15 is 0 Å². The van der Waals surface area contributed by atoms with Crippen LogP contribution in [-0.2, 0) is 10.5 Å². The number of imidazole rings is 1. The second-order valence-electron chi connectivity index (χ2n) is 6.82. The van der Waals surface area contributed by atoms with Gasteiger partial charge in [0.05, 0.1) is 16.8 Å². The maximum absolute atomic E-state index is 13.6. The molecule has 0 unspecified atom stereocenters. The van der Waals surface area contributed by atoms with Gasteiger partial charge in [0.2, 0.25) is 5.91 Å². The summed E-state index contributed by atoms with van der Waals surface area (Å²) in [5.41, 5.74) is 2.89. The standard InChI is InChI=1S/C23H18F3N3OS/c24-17-9-5-15(6-10-17)13-31-14-21(30)27-18-11-7-16(8-12-18)22-28-19-3-1-2-4-20(19)29(22)23(25)26/h1-12,23H,13-14H2,(H,27,30). The number of benzene rings is 3. The highest BCUT2D eigenvalue weighted by Crippen LogP contribution is 2.30. The van der Waals surface area contributed by atoms with Crippen LogP contribution < -0.4 is 5.32 Å². The van der Waals surface area contributed by atoms with Gasteiger partial charge in [0, 0.05) is 17.0 Å². The molecule has 0 aliphatic carbocycles. The zero-order valence-electron chi connectivity index (χ0n) is 16.3. The van der Waals surface area contributed by atoms with Crippen molar-refractivity contribution in [1.29, 1.82) is 0 Å². The van der Waals surface area contributed by atoms with Gasteiger partial charge in [0.25, 0.3) is 0 Å². The summed E-state index contributed by atoms with van der Waals surface area (Å²) in [4.78, 5) is 16.5. The van der Waals surface area contributed by atoms with Crippen LogP contribution in [0.4, 0.5) is 18.9 Å². The van der Waals surface area contributed by atoms with Crippen LogP contribution in [0.1, 0.15) is 12.1 Å². The van der Waals surface area contributed by atoms with Gasteiger partial charge in [-0.1, -0.05) is 24.3 Å². The number of nitrogens with zero attached hydrogens (tertiary/aromatic N) is 2. The molecule has 0 atom stereocenters. The van der Waals surface area contributed by atoms with E-state index in [2.05, 4.69) is 10.3 Å². The van der Waals surface area contributed by atoms with Crippen LogP contribution in [0, 0.1) is 5.82 Å². The molecule has 1 heterocycles. The average molecular weight is 441 g/mol. The number of nitrogens with one attached hydrogen (secondary N) is 1. The molecule has 0 saturated heterocycles. The average Bonchev–Trinajstić information content (AvgIpc) is 3.15. The molecule has 4 rings (SSSR count). The van der Waals surface area contributed by atoms with E-state index in [-0.39, 0.29) is 23.3 Å². The molecule has 8 heteroatoms. The molecule has 1 N–H and O–H groups in total. The molecule has 0 bridgehead atoms. The summed E-state index contributed by atoms with van der Waals surface area (Å²) in [6.45, 7) is -2.72. The lowest BCUT2D eigenvalue weighted by atomic mass is 10.2. The van der Waals surface area contributed by atoms with E-state index in [1.165, 1.54) is 23.9 Å². The van der Waals surface area contributed by atoms with E-state index in [0.29, 0.717) is 28.0 Å². The van der Waals surface area contributed by atoms with Crippen LogP contribution in [0.2, 0.25) is 0 Å². The van der Waals surface area contributed by atoms with E-state index in [4.69, 9.17) is 0 Å². The number of fused-ring (bicyclic) bond motifs is 1. The fourth-order valence-electron chi connectivity index (χ4n) is 3.19. The van der Waals surface area contributed by atoms with Gasteiger partial charge in [-0.05, 0) is 54.1 Å². The van der Waals surface area contributed by atoms with Crippen molar-refractivity contribution in [3.05, 3.63) is 84.2 Å². The molecule has 158 valence electrons. The molecular weight excluding hydrogens is 423 g/mol. The van der Waals surface area contributed by atoms with Crippen LogP contribution in [0.5, 0.6) is 0 Å². The Hall–Kier alpha value is -3.26. The number of aromatic nitrogens is 2. The first-order valence-electron chi connectivity index (χ1n) is 9.49. The van der Waals surface area contributed by atoms with Crippen molar-refractivity contribution in [3.63, 3.8) is 0 Å². The molecule has 4 aromatic rings. The van der Waals surface area contributed by atoms with E-state index in [9.17, 15) is 18.0 Å². The van der Waals surface area contributed by atoms with E-state index in [1.54, 1.807) is 60.7 Å². The highest BCUT2D eigenvalue weighted by Gasteiger charge is 2.18. The molecule has 1 amide bonds. The van der Waals surface area contributed by atoms with Gasteiger partial charge in [-0.25, -0.2) is 9.37 Å². The predicted octanol–water partition coefficient (Wildman–Crippen LogP) is 6.11. The highest BCUT2D eigenvalue weighted by molar-refractivity contribution is 7.99.